The summed E-state index contributed by atoms with van der Waals surface area (Å²) >= 11 is 0. The van der Waals surface area contributed by atoms with Gasteiger partial charge in [-0.25, -0.2) is 17.4 Å². The van der Waals surface area contributed by atoms with Crippen LogP contribution in [0.25, 0.3) is 0 Å². The van der Waals surface area contributed by atoms with Crippen molar-refractivity contribution in [3.8, 4) is 5.75 Å². The number of nitrogens with one attached hydrogen (secondary N) is 2. The number of anilines is 2. The zero-order valence-electron chi connectivity index (χ0n) is 24.0. The molecule has 0 atom stereocenters. The van der Waals surface area contributed by atoms with Gasteiger partial charge in [-0.2, -0.15) is 35.5 Å². The number of methoxy groups -OCH3 is 1. The zero-order valence-corrected chi connectivity index (χ0v) is 27.3. The van der Waals surface area contributed by atoms with Gasteiger partial charge in [0, 0.05) is 12.1 Å². The molecule has 0 aromatic heterocycles. The molecule has 3 aromatic carbocycles. The first-order valence-electron chi connectivity index (χ1n) is 12.3. The van der Waals surface area contributed by atoms with Crippen molar-refractivity contribution in [1.29, 1.82) is 0 Å². The molecule has 0 saturated heterocycles. The Morgan fingerprint density at radius 2 is 1.42 bits per heavy atom. The highest BCUT2D eigenvalue weighted by Gasteiger charge is 2.23. The van der Waals surface area contributed by atoms with E-state index < -0.39 is 101 Å². The van der Waals surface area contributed by atoms with Crippen LogP contribution in [0.2, 0.25) is 0 Å². The summed E-state index contributed by atoms with van der Waals surface area (Å²) in [5.74, 6) is -2.94. The Morgan fingerprint density at radius 3 is 1.96 bits per heavy atom. The first-order chi connectivity index (χ1) is 22.0. The number of ether oxygens (including phenoxy) is 1. The van der Waals surface area contributed by atoms with Crippen LogP contribution in [0.1, 0.15) is 15.9 Å². The van der Waals surface area contributed by atoms with Crippen LogP contribution in [-0.2, 0) is 44.7 Å². The summed E-state index contributed by atoms with van der Waals surface area (Å²) in [5, 5.41) is 14.7. The Labute approximate surface area is 269 Å². The molecule has 21 nitrogen and oxygen atoms in total. The van der Waals surface area contributed by atoms with Gasteiger partial charge in [0.25, 0.3) is 20.2 Å². The van der Waals surface area contributed by atoms with E-state index >= 15 is 0 Å². The third-order valence-corrected chi connectivity index (χ3v) is 9.98. The highest BCUT2D eigenvalue weighted by molar-refractivity contribution is 7.91. The number of rotatable bonds is 13. The van der Waals surface area contributed by atoms with Crippen LogP contribution in [0.5, 0.6) is 5.75 Å². The molecule has 0 radical (unpaired) electrons. The Balaban J connectivity index is 2.16. The minimum Gasteiger partial charge on any atom is -0.494 e. The fourth-order valence-electron chi connectivity index (χ4n) is 3.83. The van der Waals surface area contributed by atoms with Crippen LogP contribution < -0.4 is 37.2 Å². The van der Waals surface area contributed by atoms with Gasteiger partial charge < -0.3 is 9.84 Å². The molecule has 0 heterocycles. The van der Waals surface area contributed by atoms with Gasteiger partial charge in [-0.1, -0.05) is 0 Å². The summed E-state index contributed by atoms with van der Waals surface area (Å²) in [4.78, 5) is 35.5. The van der Waals surface area contributed by atoms with E-state index in [0.717, 1.165) is 19.2 Å². The molecule has 0 aliphatic carbocycles. The van der Waals surface area contributed by atoms with Crippen molar-refractivity contribution >= 4 is 57.8 Å². The quantitative estimate of drug-likeness (QED) is 0.0831. The van der Waals surface area contributed by atoms with Gasteiger partial charge in [0.05, 0.1) is 46.2 Å². The maximum Gasteiger partial charge on any atom is 0.397 e. The van der Waals surface area contributed by atoms with E-state index in [1.54, 1.807) is 0 Å². The summed E-state index contributed by atoms with van der Waals surface area (Å²) in [6, 6.07) is 4.21. The predicted octanol–water partition coefficient (Wildman–Crippen LogP) is -1.76. The largest absolute Gasteiger partial charge is 0.494 e. The highest BCUT2D eigenvalue weighted by Crippen LogP contribution is 2.31. The summed E-state index contributed by atoms with van der Waals surface area (Å²) < 4.78 is 130. The molecule has 0 unspecified atom stereocenters. The van der Waals surface area contributed by atoms with Crippen molar-refractivity contribution in [2.75, 3.05) is 30.3 Å². The Morgan fingerprint density at radius 1 is 0.812 bits per heavy atom. The second-order valence-corrected chi connectivity index (χ2v) is 15.2. The summed E-state index contributed by atoms with van der Waals surface area (Å²) in [6.45, 7) is 0.374. The number of sulfone groups is 1. The van der Waals surface area contributed by atoms with Crippen molar-refractivity contribution in [2.24, 2.45) is 10.2 Å². The minimum atomic E-state index is -5.07. The number of hydrogen-bond acceptors (Lipinski definition) is 17. The number of carbonyl (C=O) groups is 1. The Hall–Kier alpha value is -4.63. The molecule has 3 rings (SSSR count). The van der Waals surface area contributed by atoms with E-state index in [-0.39, 0.29) is 21.9 Å². The monoisotopic (exact) mass is 754 g/mol. The standard InChI is InChI=1S/C23H22N4O17S4/c1-11-7-14(17(43-2)10-19(11)45(32,33)6-5-44-48(40,41)42)24-26-20-13(23(30)31)9-16(28)21(22(20)29)27-25-15-8-12(46(34,35)36)3-4-18(15)47(37,38)39/h3-4,7-10,24-25H,5-6H2,1-2H3,(H,30,31)(H,34,35,36)(H,37,38,39)(H,40,41,42). The van der Waals surface area contributed by atoms with Gasteiger partial charge in [-0.3, -0.25) is 34.1 Å². The fraction of sp³-hybridized carbons (Fsp3) is 0.174. The molecular formula is C23H22N4O17S4. The van der Waals surface area contributed by atoms with E-state index in [2.05, 4.69) is 19.8 Å². The number of aromatic carboxylic acids is 1. The molecule has 260 valence electrons. The fourth-order valence-corrected chi connectivity index (χ4v) is 6.72. The van der Waals surface area contributed by atoms with Crippen molar-refractivity contribution in [3.05, 3.63) is 78.7 Å². The minimum absolute atomic E-state index is 0.0118. The zero-order chi connectivity index (χ0) is 36.4. The van der Waals surface area contributed by atoms with E-state index in [1.165, 1.54) is 6.92 Å². The topological polar surface area (TPSA) is 336 Å². The smallest absolute Gasteiger partial charge is 0.397 e. The maximum absolute atomic E-state index is 13.2. The molecule has 3 aromatic rings. The van der Waals surface area contributed by atoms with Crippen LogP contribution in [-0.4, -0.2) is 77.9 Å². The van der Waals surface area contributed by atoms with Crippen LogP contribution >= 0.6 is 0 Å². The third kappa shape index (κ3) is 9.04. The molecular weight excluding hydrogens is 733 g/mol. The van der Waals surface area contributed by atoms with Gasteiger partial charge >= 0.3 is 16.4 Å². The molecule has 48 heavy (non-hydrogen) atoms. The number of carboxylic acids is 1. The van der Waals surface area contributed by atoms with Gasteiger partial charge in [0.1, 0.15) is 16.0 Å². The Bertz CT molecular complexity index is 2490. The van der Waals surface area contributed by atoms with Gasteiger partial charge in [-0.15, -0.1) is 0 Å². The highest BCUT2D eigenvalue weighted by atomic mass is 32.3. The first kappa shape index (κ1) is 37.8. The summed E-state index contributed by atoms with van der Waals surface area (Å²) in [5.41, 5.74) is -0.487. The summed E-state index contributed by atoms with van der Waals surface area (Å²) in [6.07, 6.45) is 0. The molecule has 0 aliphatic rings. The third-order valence-electron chi connectivity index (χ3n) is 5.94. The van der Waals surface area contributed by atoms with Crippen LogP contribution in [0.15, 0.2) is 70.9 Å². The molecule has 25 heteroatoms. The predicted molar refractivity (Wildman–Crippen MR) is 160 cm³/mol. The SMILES string of the molecule is COc1cc(S(=O)(=O)CCOS(=O)(=O)O)c(C)cc1NN=c1c(C(=O)O)cc(=O)c(=NNc2cc(S(=O)(=O)O)ccc2S(=O)(=O)O)c1=O. The number of aryl methyl sites for hydroxylation is 1. The lowest BCUT2D eigenvalue weighted by atomic mass is 10.2. The lowest BCUT2D eigenvalue weighted by molar-refractivity contribution is 0.0694. The molecule has 0 saturated carbocycles. The van der Waals surface area contributed by atoms with Gasteiger partial charge in [-0.05, 0) is 36.8 Å². The normalized spacial score (nSPS) is 13.4. The maximum atomic E-state index is 13.2. The second-order valence-electron chi connectivity index (χ2n) is 9.20. The number of hydrogen-bond donors (Lipinski definition) is 6. The van der Waals surface area contributed by atoms with Crippen molar-refractivity contribution in [1.82, 2.24) is 0 Å². The molecule has 0 spiro atoms. The average Bonchev–Trinajstić information content (AvgIpc) is 2.94. The lowest BCUT2D eigenvalue weighted by Crippen LogP contribution is -2.50. The van der Waals surface area contributed by atoms with Gasteiger partial charge in [0.15, 0.2) is 15.2 Å². The van der Waals surface area contributed by atoms with Gasteiger partial charge in [0.2, 0.25) is 10.9 Å². The molecule has 0 aliphatic heterocycles. The summed E-state index contributed by atoms with van der Waals surface area (Å²) in [7, 11) is -18.1. The Kier molecular flexibility index (Phi) is 10.9. The molecule has 0 bridgehead atoms. The van der Waals surface area contributed by atoms with Crippen molar-refractivity contribution < 1.29 is 66.2 Å². The first-order valence-corrected chi connectivity index (χ1v) is 18.2. The number of carboxylic acid groups (broad SMARTS) is 1. The molecule has 0 fully saturated rings. The van der Waals surface area contributed by atoms with Crippen LogP contribution in [0, 0.1) is 6.92 Å². The van der Waals surface area contributed by atoms with Crippen LogP contribution in [0.3, 0.4) is 0 Å². The van der Waals surface area contributed by atoms with E-state index in [1.807, 2.05) is 5.43 Å². The van der Waals surface area contributed by atoms with Crippen LogP contribution in [0.4, 0.5) is 11.4 Å². The van der Waals surface area contributed by atoms with E-state index in [4.69, 9.17) is 9.29 Å². The second kappa shape index (κ2) is 13.8. The number of nitrogens with zero attached hydrogens (tertiary/aromatic N) is 2. The average molecular weight is 755 g/mol. The molecule has 6 N–H and O–H groups in total. The van der Waals surface area contributed by atoms with Crippen molar-refractivity contribution in [3.63, 3.8) is 0 Å². The number of benzene rings is 3. The van der Waals surface area contributed by atoms with E-state index in [9.17, 15) is 62.3 Å². The van der Waals surface area contributed by atoms with Crippen molar-refractivity contribution in [2.45, 2.75) is 21.6 Å². The molecule has 0 amide bonds. The lowest BCUT2D eigenvalue weighted by Gasteiger charge is -2.13. The van der Waals surface area contributed by atoms with E-state index in [0.29, 0.717) is 24.3 Å².